The van der Waals surface area contributed by atoms with Crippen molar-refractivity contribution < 1.29 is 80.2 Å². The number of phosphoric acid groups is 2. The van der Waals surface area contributed by atoms with Gasteiger partial charge in [-0.3, -0.25) is 37.3 Å². The maximum atomic E-state index is 13.0. The minimum Gasteiger partial charge on any atom is -0.462 e. The summed E-state index contributed by atoms with van der Waals surface area (Å²) in [6.07, 6.45) is 44.4. The van der Waals surface area contributed by atoms with E-state index in [1.165, 1.54) is 161 Å². The zero-order chi connectivity index (χ0) is 62.8. The summed E-state index contributed by atoms with van der Waals surface area (Å²) >= 11 is 0. The van der Waals surface area contributed by atoms with Crippen molar-refractivity contribution >= 4 is 39.5 Å². The lowest BCUT2D eigenvalue weighted by Crippen LogP contribution is -2.30. The Balaban J connectivity index is 5.22. The number of hydrogen-bond acceptors (Lipinski definition) is 15. The van der Waals surface area contributed by atoms with Gasteiger partial charge in [-0.05, 0) is 31.6 Å². The molecule has 504 valence electrons. The molecule has 17 nitrogen and oxygen atoms in total. The number of carbonyl (C=O) groups excluding carboxylic acids is 4. The molecule has 0 rings (SSSR count). The van der Waals surface area contributed by atoms with E-state index >= 15 is 0 Å². The molecular weight excluding hydrogens is 1130 g/mol. The van der Waals surface area contributed by atoms with Crippen LogP contribution in [-0.2, 0) is 65.4 Å². The van der Waals surface area contributed by atoms with Crippen LogP contribution in [-0.4, -0.2) is 96.7 Å². The van der Waals surface area contributed by atoms with Crippen molar-refractivity contribution in [1.29, 1.82) is 0 Å². The second-order valence-corrected chi connectivity index (χ2v) is 27.2. The van der Waals surface area contributed by atoms with Gasteiger partial charge in [-0.2, -0.15) is 0 Å². The van der Waals surface area contributed by atoms with Gasteiger partial charge >= 0.3 is 39.5 Å². The van der Waals surface area contributed by atoms with Crippen LogP contribution < -0.4 is 0 Å². The molecule has 2 unspecified atom stereocenters. The highest BCUT2D eigenvalue weighted by molar-refractivity contribution is 7.47. The van der Waals surface area contributed by atoms with Crippen molar-refractivity contribution in [1.82, 2.24) is 0 Å². The molecule has 3 N–H and O–H groups in total. The molecule has 5 atom stereocenters. The van der Waals surface area contributed by atoms with Gasteiger partial charge in [0.2, 0.25) is 0 Å². The van der Waals surface area contributed by atoms with Crippen LogP contribution in [0.15, 0.2) is 0 Å². The number of aliphatic hydroxyl groups is 1. The fraction of sp³-hybridized carbons (Fsp3) is 0.939. The lowest BCUT2D eigenvalue weighted by Gasteiger charge is -2.21. The van der Waals surface area contributed by atoms with Crippen molar-refractivity contribution in [3.05, 3.63) is 0 Å². The van der Waals surface area contributed by atoms with E-state index in [1.807, 2.05) is 0 Å². The molecule has 0 amide bonds. The van der Waals surface area contributed by atoms with E-state index in [9.17, 15) is 43.2 Å². The first kappa shape index (κ1) is 83.1. The number of aliphatic hydroxyl groups excluding tert-OH is 1. The number of esters is 4. The van der Waals surface area contributed by atoms with Crippen LogP contribution in [0.3, 0.4) is 0 Å². The van der Waals surface area contributed by atoms with Gasteiger partial charge in [0.25, 0.3) is 0 Å². The zero-order valence-electron chi connectivity index (χ0n) is 54.7. The molecule has 85 heavy (non-hydrogen) atoms. The summed E-state index contributed by atoms with van der Waals surface area (Å²) in [5, 5.41) is 10.5. The lowest BCUT2D eigenvalue weighted by atomic mass is 10.0. The molecule has 0 fully saturated rings. The molecule has 0 aliphatic rings. The number of ether oxygens (including phenoxy) is 4. The smallest absolute Gasteiger partial charge is 0.462 e. The summed E-state index contributed by atoms with van der Waals surface area (Å²) in [6, 6.07) is 0. The second-order valence-electron chi connectivity index (χ2n) is 24.3. The Hall–Kier alpha value is -1.94. The van der Waals surface area contributed by atoms with Crippen molar-refractivity contribution in [2.24, 2.45) is 5.92 Å². The largest absolute Gasteiger partial charge is 0.472 e. The van der Waals surface area contributed by atoms with E-state index in [-0.39, 0.29) is 25.7 Å². The van der Waals surface area contributed by atoms with E-state index in [0.29, 0.717) is 25.7 Å². The minimum atomic E-state index is -4.95. The van der Waals surface area contributed by atoms with Crippen molar-refractivity contribution in [2.75, 3.05) is 39.6 Å². The molecule has 0 saturated carbocycles. The molecule has 0 radical (unpaired) electrons. The monoisotopic (exact) mass is 1250 g/mol. The van der Waals surface area contributed by atoms with Crippen molar-refractivity contribution in [2.45, 2.75) is 355 Å². The highest BCUT2D eigenvalue weighted by Gasteiger charge is 2.30. The predicted molar refractivity (Wildman–Crippen MR) is 340 cm³/mol. The zero-order valence-corrected chi connectivity index (χ0v) is 56.5. The summed E-state index contributed by atoms with van der Waals surface area (Å²) in [6.45, 7) is 7.18. The van der Waals surface area contributed by atoms with E-state index in [0.717, 1.165) is 95.8 Å². The van der Waals surface area contributed by atoms with Crippen LogP contribution in [0.1, 0.15) is 336 Å². The molecular formula is C66H128O17P2. The predicted octanol–water partition coefficient (Wildman–Crippen LogP) is 18.6. The maximum Gasteiger partial charge on any atom is 0.472 e. The highest BCUT2D eigenvalue weighted by atomic mass is 31.2. The fourth-order valence-corrected chi connectivity index (χ4v) is 11.5. The standard InChI is InChI=1S/C66H128O17P2/c1-6-9-12-15-18-21-22-23-24-25-32-37-42-47-52-66(71)83-62(56-77-64(69)50-45-40-35-31-27-26-30-33-38-43-48-59(4)5)58-81-85(74,75)79-54-60(67)53-78-84(72,73)80-57-61(82-65(70)51-46-41-36-29-20-17-14-11-8-3)55-76-63(68)49-44-39-34-28-19-16-13-10-7-2/h59-62,67H,6-58H2,1-5H3,(H,72,73)(H,74,75)/t60-,61+,62+/m0/s1. The van der Waals surface area contributed by atoms with E-state index < -0.39 is 97.5 Å². The highest BCUT2D eigenvalue weighted by Crippen LogP contribution is 2.45. The average Bonchev–Trinajstić information content (AvgIpc) is 3.51. The van der Waals surface area contributed by atoms with Crippen LogP contribution >= 0.6 is 15.6 Å². The third-order valence-corrected chi connectivity index (χ3v) is 17.2. The quantitative estimate of drug-likeness (QED) is 0.0222. The molecule has 0 bridgehead atoms. The molecule has 0 aromatic rings. The summed E-state index contributed by atoms with van der Waals surface area (Å²) in [4.78, 5) is 72.2. The summed E-state index contributed by atoms with van der Waals surface area (Å²) in [7, 11) is -9.89. The Morgan fingerprint density at radius 1 is 0.318 bits per heavy atom. The van der Waals surface area contributed by atoms with Gasteiger partial charge in [0.15, 0.2) is 12.2 Å². The number of hydrogen-bond donors (Lipinski definition) is 3. The van der Waals surface area contributed by atoms with E-state index in [2.05, 4.69) is 34.6 Å². The Labute approximate surface area is 517 Å². The van der Waals surface area contributed by atoms with E-state index in [1.54, 1.807) is 0 Å². The molecule has 0 spiro atoms. The maximum absolute atomic E-state index is 13.0. The lowest BCUT2D eigenvalue weighted by molar-refractivity contribution is -0.161. The van der Waals surface area contributed by atoms with Gasteiger partial charge in [0.1, 0.15) is 19.3 Å². The SMILES string of the molecule is CCCCCCCCCCCCCCCCC(=O)O[C@H](COC(=O)CCCCCCCCCCCCC(C)C)COP(=O)(O)OC[C@@H](O)COP(=O)(O)OC[C@@H](COC(=O)CCCCCCCCCCC)OC(=O)CCCCCCCCCCC. The average molecular weight is 1260 g/mol. The first-order valence-electron chi connectivity index (χ1n) is 34.6. The molecule has 0 aliphatic heterocycles. The molecule has 0 aromatic heterocycles. The fourth-order valence-electron chi connectivity index (χ4n) is 9.94. The summed E-state index contributed by atoms with van der Waals surface area (Å²) in [5.41, 5.74) is 0. The van der Waals surface area contributed by atoms with Crippen molar-refractivity contribution in [3.8, 4) is 0 Å². The normalized spacial score (nSPS) is 14.2. The molecule has 0 aliphatic carbocycles. The Morgan fingerprint density at radius 2 is 0.541 bits per heavy atom. The van der Waals surface area contributed by atoms with Gasteiger partial charge in [-0.1, -0.05) is 285 Å². The number of rotatable bonds is 66. The van der Waals surface area contributed by atoms with Gasteiger partial charge in [0, 0.05) is 25.7 Å². The van der Waals surface area contributed by atoms with Gasteiger partial charge in [0.05, 0.1) is 26.4 Å². The van der Waals surface area contributed by atoms with Crippen LogP contribution in [0.25, 0.3) is 0 Å². The first-order chi connectivity index (χ1) is 41.0. The second kappa shape index (κ2) is 59.7. The first-order valence-corrected chi connectivity index (χ1v) is 37.6. The Kier molecular flexibility index (Phi) is 58.3. The van der Waals surface area contributed by atoms with Gasteiger partial charge in [-0.15, -0.1) is 0 Å². The number of unbranched alkanes of at least 4 members (excludes halogenated alkanes) is 38. The van der Waals surface area contributed by atoms with Crippen molar-refractivity contribution in [3.63, 3.8) is 0 Å². The van der Waals surface area contributed by atoms with Crippen LogP contribution in [0.5, 0.6) is 0 Å². The van der Waals surface area contributed by atoms with Crippen LogP contribution in [0.4, 0.5) is 0 Å². The van der Waals surface area contributed by atoms with Crippen LogP contribution in [0.2, 0.25) is 0 Å². The molecule has 0 heterocycles. The summed E-state index contributed by atoms with van der Waals surface area (Å²) < 4.78 is 68.0. The molecule has 0 aromatic carbocycles. The van der Waals surface area contributed by atoms with Gasteiger partial charge in [-0.25, -0.2) is 9.13 Å². The molecule has 19 heteroatoms. The van der Waals surface area contributed by atoms with E-state index in [4.69, 9.17) is 37.0 Å². The number of phosphoric ester groups is 2. The molecule has 0 saturated heterocycles. The third kappa shape index (κ3) is 60.7. The Bertz CT molecular complexity index is 1650. The summed E-state index contributed by atoms with van der Waals surface area (Å²) in [5.74, 6) is -1.37. The Morgan fingerprint density at radius 3 is 0.800 bits per heavy atom. The topological polar surface area (TPSA) is 237 Å². The number of carbonyl (C=O) groups is 4. The van der Waals surface area contributed by atoms with Gasteiger partial charge < -0.3 is 33.8 Å². The minimum absolute atomic E-state index is 0.106. The third-order valence-electron chi connectivity index (χ3n) is 15.3. The van der Waals surface area contributed by atoms with Crippen LogP contribution in [0, 0.1) is 5.92 Å².